The number of hydrogen-bond donors (Lipinski definition) is 1. The summed E-state index contributed by atoms with van der Waals surface area (Å²) in [6.45, 7) is 4.30. The molecule has 17 heavy (non-hydrogen) atoms. The minimum atomic E-state index is -3.25. The molecule has 5 heteroatoms. The van der Waals surface area contributed by atoms with Gasteiger partial charge in [-0.25, -0.2) is 8.42 Å². The van der Waals surface area contributed by atoms with E-state index in [1.807, 2.05) is 31.2 Å². The Balaban J connectivity index is 3.23. The lowest BCUT2D eigenvalue weighted by atomic mass is 10.1. The van der Waals surface area contributed by atoms with E-state index < -0.39 is 10.0 Å². The summed E-state index contributed by atoms with van der Waals surface area (Å²) in [6, 6.07) is 7.55. The number of benzene rings is 1. The van der Waals surface area contributed by atoms with Crippen molar-refractivity contribution in [3.8, 4) is 0 Å². The molecule has 0 atom stereocenters. The molecule has 0 aliphatic carbocycles. The summed E-state index contributed by atoms with van der Waals surface area (Å²) in [7, 11) is -3.25. The molecule has 0 spiro atoms. The van der Waals surface area contributed by atoms with Gasteiger partial charge in [-0.3, -0.25) is 4.31 Å². The van der Waals surface area contributed by atoms with Gasteiger partial charge in [-0.1, -0.05) is 25.1 Å². The Morgan fingerprint density at radius 2 is 1.88 bits per heavy atom. The molecular weight excluding hydrogens is 236 g/mol. The number of nitrogens with two attached hydrogens (primary N) is 1. The van der Waals surface area contributed by atoms with Crippen LogP contribution in [0.3, 0.4) is 0 Å². The Morgan fingerprint density at radius 3 is 2.41 bits per heavy atom. The van der Waals surface area contributed by atoms with Crippen LogP contribution in [0, 0.1) is 0 Å². The molecular formula is C12H20N2O2S. The first-order valence-corrected chi connectivity index (χ1v) is 7.46. The fourth-order valence-electron chi connectivity index (χ4n) is 1.74. The molecule has 0 bridgehead atoms. The van der Waals surface area contributed by atoms with E-state index in [9.17, 15) is 8.42 Å². The van der Waals surface area contributed by atoms with Crippen molar-refractivity contribution in [2.45, 2.75) is 20.3 Å². The Kier molecular flexibility index (Phi) is 4.96. The van der Waals surface area contributed by atoms with Gasteiger partial charge in [-0.05, 0) is 25.0 Å². The first kappa shape index (κ1) is 14.0. The predicted molar refractivity (Wildman–Crippen MR) is 71.7 cm³/mol. The fraction of sp³-hybridized carbons (Fsp3) is 0.500. The molecule has 1 aromatic carbocycles. The quantitative estimate of drug-likeness (QED) is 0.836. The van der Waals surface area contributed by atoms with Gasteiger partial charge in [0, 0.05) is 13.1 Å². The molecule has 0 saturated heterocycles. The Labute approximate surface area is 103 Å². The molecule has 2 N–H and O–H groups in total. The average Bonchev–Trinajstić information content (AvgIpc) is 2.35. The maximum Gasteiger partial charge on any atom is 0.234 e. The molecule has 4 nitrogen and oxygen atoms in total. The minimum Gasteiger partial charge on any atom is -0.329 e. The molecule has 0 aromatic heterocycles. The highest BCUT2D eigenvalue weighted by Crippen LogP contribution is 2.23. The smallest absolute Gasteiger partial charge is 0.234 e. The number of aryl methyl sites for hydroxylation is 1. The van der Waals surface area contributed by atoms with Crippen LogP contribution in [-0.2, 0) is 16.4 Å². The summed E-state index contributed by atoms with van der Waals surface area (Å²) in [4.78, 5) is 0. The van der Waals surface area contributed by atoms with Crippen molar-refractivity contribution < 1.29 is 8.42 Å². The van der Waals surface area contributed by atoms with Gasteiger partial charge in [0.2, 0.25) is 10.0 Å². The van der Waals surface area contributed by atoms with Crippen LogP contribution in [0.1, 0.15) is 19.4 Å². The highest BCUT2D eigenvalue weighted by molar-refractivity contribution is 7.92. The van der Waals surface area contributed by atoms with Crippen LogP contribution < -0.4 is 10.0 Å². The van der Waals surface area contributed by atoms with E-state index in [0.29, 0.717) is 13.1 Å². The van der Waals surface area contributed by atoms with Crippen molar-refractivity contribution in [1.29, 1.82) is 0 Å². The zero-order chi connectivity index (χ0) is 12.9. The second kappa shape index (κ2) is 6.02. The van der Waals surface area contributed by atoms with E-state index in [1.54, 1.807) is 6.92 Å². The Bertz CT molecular complexity index is 457. The summed E-state index contributed by atoms with van der Waals surface area (Å²) >= 11 is 0. The summed E-state index contributed by atoms with van der Waals surface area (Å²) < 4.78 is 25.5. The molecule has 0 radical (unpaired) electrons. The topological polar surface area (TPSA) is 63.4 Å². The Morgan fingerprint density at radius 1 is 1.24 bits per heavy atom. The highest BCUT2D eigenvalue weighted by Gasteiger charge is 2.21. The second-order valence-corrected chi connectivity index (χ2v) is 5.93. The molecule has 0 heterocycles. The van der Waals surface area contributed by atoms with E-state index in [-0.39, 0.29) is 5.75 Å². The van der Waals surface area contributed by atoms with Crippen LogP contribution in [-0.4, -0.2) is 27.3 Å². The molecule has 0 aliphatic heterocycles. The fourth-order valence-corrected chi connectivity index (χ4v) is 2.91. The second-order valence-electron chi connectivity index (χ2n) is 3.74. The number of nitrogens with zero attached hydrogens (tertiary/aromatic N) is 1. The molecule has 0 aliphatic rings. The first-order valence-electron chi connectivity index (χ1n) is 5.85. The lowest BCUT2D eigenvalue weighted by molar-refractivity contribution is 0.592. The lowest BCUT2D eigenvalue weighted by Crippen LogP contribution is -2.37. The lowest BCUT2D eigenvalue weighted by Gasteiger charge is -2.25. The van der Waals surface area contributed by atoms with E-state index in [0.717, 1.165) is 17.7 Å². The predicted octanol–water partition coefficient (Wildman–Crippen LogP) is 1.36. The van der Waals surface area contributed by atoms with Gasteiger partial charge < -0.3 is 5.73 Å². The molecule has 0 fully saturated rings. The average molecular weight is 256 g/mol. The van der Waals surface area contributed by atoms with E-state index in [4.69, 9.17) is 5.73 Å². The van der Waals surface area contributed by atoms with Crippen LogP contribution in [0.15, 0.2) is 24.3 Å². The third kappa shape index (κ3) is 3.20. The monoisotopic (exact) mass is 256 g/mol. The van der Waals surface area contributed by atoms with Crippen LogP contribution in [0.25, 0.3) is 0 Å². The summed E-state index contributed by atoms with van der Waals surface area (Å²) in [5, 5.41) is 0. The van der Waals surface area contributed by atoms with Crippen molar-refractivity contribution >= 4 is 15.7 Å². The Hall–Kier alpha value is -1.07. The largest absolute Gasteiger partial charge is 0.329 e. The van der Waals surface area contributed by atoms with Crippen molar-refractivity contribution in [3.05, 3.63) is 29.8 Å². The van der Waals surface area contributed by atoms with E-state index in [1.165, 1.54) is 4.31 Å². The number of sulfonamides is 1. The van der Waals surface area contributed by atoms with Crippen molar-refractivity contribution in [2.75, 3.05) is 23.1 Å². The van der Waals surface area contributed by atoms with Crippen molar-refractivity contribution in [3.63, 3.8) is 0 Å². The van der Waals surface area contributed by atoms with Crippen molar-refractivity contribution in [1.82, 2.24) is 0 Å². The van der Waals surface area contributed by atoms with Crippen LogP contribution in [0.5, 0.6) is 0 Å². The van der Waals surface area contributed by atoms with Crippen LogP contribution in [0.4, 0.5) is 5.69 Å². The van der Waals surface area contributed by atoms with Gasteiger partial charge >= 0.3 is 0 Å². The van der Waals surface area contributed by atoms with Gasteiger partial charge in [0.1, 0.15) is 0 Å². The van der Waals surface area contributed by atoms with Gasteiger partial charge in [0.15, 0.2) is 0 Å². The van der Waals surface area contributed by atoms with Gasteiger partial charge in [0.05, 0.1) is 11.4 Å². The summed E-state index contributed by atoms with van der Waals surface area (Å²) in [5.74, 6) is 0.0883. The highest BCUT2D eigenvalue weighted by atomic mass is 32.2. The zero-order valence-electron chi connectivity index (χ0n) is 10.4. The van der Waals surface area contributed by atoms with Gasteiger partial charge in [-0.15, -0.1) is 0 Å². The maximum absolute atomic E-state index is 12.0. The molecule has 0 saturated carbocycles. The maximum atomic E-state index is 12.0. The SMILES string of the molecule is CCc1ccccc1N(CCN)S(=O)(=O)CC. The third-order valence-corrected chi connectivity index (χ3v) is 4.45. The summed E-state index contributed by atoms with van der Waals surface area (Å²) in [5.41, 5.74) is 7.28. The van der Waals surface area contributed by atoms with Crippen LogP contribution in [0.2, 0.25) is 0 Å². The molecule has 96 valence electrons. The molecule has 0 unspecified atom stereocenters. The molecule has 1 aromatic rings. The van der Waals surface area contributed by atoms with Gasteiger partial charge in [-0.2, -0.15) is 0 Å². The zero-order valence-corrected chi connectivity index (χ0v) is 11.2. The van der Waals surface area contributed by atoms with E-state index in [2.05, 4.69) is 0 Å². The molecule has 0 amide bonds. The third-order valence-electron chi connectivity index (χ3n) is 2.67. The number of rotatable bonds is 6. The number of para-hydroxylation sites is 1. The molecule has 1 rings (SSSR count). The van der Waals surface area contributed by atoms with E-state index >= 15 is 0 Å². The number of hydrogen-bond acceptors (Lipinski definition) is 3. The normalized spacial score (nSPS) is 11.5. The standard InChI is InChI=1S/C12H20N2O2S/c1-3-11-7-5-6-8-12(11)14(10-9-13)17(15,16)4-2/h5-8H,3-4,9-10,13H2,1-2H3. The van der Waals surface area contributed by atoms with Gasteiger partial charge in [0.25, 0.3) is 0 Å². The first-order chi connectivity index (χ1) is 8.06. The minimum absolute atomic E-state index is 0.0883. The number of anilines is 1. The van der Waals surface area contributed by atoms with Crippen LogP contribution >= 0.6 is 0 Å². The van der Waals surface area contributed by atoms with Crippen molar-refractivity contribution in [2.24, 2.45) is 5.73 Å². The summed E-state index contributed by atoms with van der Waals surface area (Å²) in [6.07, 6.45) is 0.802.